The summed E-state index contributed by atoms with van der Waals surface area (Å²) in [4.78, 5) is 36.5. The predicted molar refractivity (Wildman–Crippen MR) is 59.1 cm³/mol. The lowest BCUT2D eigenvalue weighted by atomic mass is 10.1. The maximum atomic E-state index is 12.1. The molecule has 2 fully saturated rings. The minimum atomic E-state index is -0.773. The van der Waals surface area contributed by atoms with Crippen LogP contribution in [-0.2, 0) is 19.1 Å². The molecular formula is C12H17NO4. The van der Waals surface area contributed by atoms with Crippen LogP contribution in [-0.4, -0.2) is 42.8 Å². The van der Waals surface area contributed by atoms with Crippen molar-refractivity contribution in [1.82, 2.24) is 4.90 Å². The van der Waals surface area contributed by atoms with Gasteiger partial charge in [0.25, 0.3) is 0 Å². The lowest BCUT2D eigenvalue weighted by Crippen LogP contribution is -2.34. The molecule has 2 rings (SSSR count). The molecule has 0 aromatic carbocycles. The maximum Gasteiger partial charge on any atom is 0.318 e. The first kappa shape index (κ1) is 12.1. The summed E-state index contributed by atoms with van der Waals surface area (Å²) < 4.78 is 4.56. The van der Waals surface area contributed by atoms with Gasteiger partial charge < -0.3 is 9.64 Å². The average Bonchev–Trinajstić information content (AvgIpc) is 2.96. The van der Waals surface area contributed by atoms with Gasteiger partial charge in [-0.25, -0.2) is 0 Å². The number of hydrogen-bond acceptors (Lipinski definition) is 4. The highest BCUT2D eigenvalue weighted by Crippen LogP contribution is 2.28. The molecule has 2 aliphatic rings. The summed E-state index contributed by atoms with van der Waals surface area (Å²) in [6, 6.07) is 0. The Labute approximate surface area is 100 Å². The number of esters is 1. The second-order valence-electron chi connectivity index (χ2n) is 4.74. The van der Waals surface area contributed by atoms with Crippen molar-refractivity contribution in [2.45, 2.75) is 25.7 Å². The molecule has 17 heavy (non-hydrogen) atoms. The van der Waals surface area contributed by atoms with Gasteiger partial charge in [-0.3, -0.25) is 14.4 Å². The van der Waals surface area contributed by atoms with Crippen LogP contribution in [0.3, 0.4) is 0 Å². The molecule has 0 aromatic rings. The highest BCUT2D eigenvalue weighted by molar-refractivity contribution is 6.04. The van der Waals surface area contributed by atoms with Gasteiger partial charge in [-0.1, -0.05) is 12.8 Å². The minimum absolute atomic E-state index is 0.0299. The van der Waals surface area contributed by atoms with Crippen molar-refractivity contribution in [2.75, 3.05) is 20.2 Å². The second-order valence-corrected chi connectivity index (χ2v) is 4.74. The van der Waals surface area contributed by atoms with E-state index in [9.17, 15) is 14.4 Å². The summed E-state index contributed by atoms with van der Waals surface area (Å²) in [7, 11) is 1.26. The van der Waals surface area contributed by atoms with Crippen molar-refractivity contribution in [1.29, 1.82) is 0 Å². The van der Waals surface area contributed by atoms with E-state index in [1.165, 1.54) is 12.0 Å². The number of methoxy groups -OCH3 is 1. The molecule has 5 heteroatoms. The van der Waals surface area contributed by atoms with E-state index >= 15 is 0 Å². The zero-order valence-corrected chi connectivity index (χ0v) is 9.98. The van der Waals surface area contributed by atoms with Gasteiger partial charge in [-0.2, -0.15) is 0 Å². The first-order valence-corrected chi connectivity index (χ1v) is 6.03. The number of amides is 1. The lowest BCUT2D eigenvalue weighted by molar-refractivity contribution is -0.147. The standard InChI is InChI=1S/C12H17NO4/c1-17-12(16)9-6-13(7-10(9)14)11(15)8-4-2-3-5-8/h8-9H,2-7H2,1H3. The molecule has 94 valence electrons. The number of hydrogen-bond donors (Lipinski definition) is 0. The fourth-order valence-corrected chi connectivity index (χ4v) is 2.63. The molecule has 1 atom stereocenters. The fourth-order valence-electron chi connectivity index (χ4n) is 2.63. The van der Waals surface area contributed by atoms with Gasteiger partial charge in [-0.05, 0) is 12.8 Å². The Balaban J connectivity index is 1.98. The van der Waals surface area contributed by atoms with E-state index in [1.807, 2.05) is 0 Å². The number of rotatable bonds is 2. The van der Waals surface area contributed by atoms with Crippen molar-refractivity contribution in [3.8, 4) is 0 Å². The Hall–Kier alpha value is -1.39. The van der Waals surface area contributed by atoms with Crippen molar-refractivity contribution in [3.63, 3.8) is 0 Å². The van der Waals surface area contributed by atoms with E-state index in [2.05, 4.69) is 4.74 Å². The largest absolute Gasteiger partial charge is 0.468 e. The van der Waals surface area contributed by atoms with E-state index in [0.29, 0.717) is 0 Å². The summed E-state index contributed by atoms with van der Waals surface area (Å²) in [5, 5.41) is 0. The third kappa shape index (κ3) is 2.33. The van der Waals surface area contributed by atoms with Gasteiger partial charge >= 0.3 is 5.97 Å². The molecule has 1 aliphatic heterocycles. The molecule has 1 saturated carbocycles. The Kier molecular flexibility index (Phi) is 3.45. The number of carbonyl (C=O) groups is 3. The van der Waals surface area contributed by atoms with Crippen LogP contribution in [0.2, 0.25) is 0 Å². The summed E-state index contributed by atoms with van der Waals surface area (Å²) in [6.45, 7) is 0.260. The summed E-state index contributed by atoms with van der Waals surface area (Å²) in [6.07, 6.45) is 3.98. The summed E-state index contributed by atoms with van der Waals surface area (Å²) >= 11 is 0. The van der Waals surface area contributed by atoms with Crippen molar-refractivity contribution in [2.24, 2.45) is 11.8 Å². The molecule has 1 amide bonds. The fraction of sp³-hybridized carbons (Fsp3) is 0.750. The van der Waals surface area contributed by atoms with Gasteiger partial charge in [0.1, 0.15) is 5.92 Å². The van der Waals surface area contributed by atoms with Crippen LogP contribution in [0.1, 0.15) is 25.7 Å². The van der Waals surface area contributed by atoms with Gasteiger partial charge in [0.2, 0.25) is 5.91 Å². The normalized spacial score (nSPS) is 25.4. The smallest absolute Gasteiger partial charge is 0.318 e. The third-order valence-corrected chi connectivity index (χ3v) is 3.64. The molecular weight excluding hydrogens is 222 g/mol. The molecule has 1 heterocycles. The Morgan fingerprint density at radius 3 is 2.53 bits per heavy atom. The van der Waals surface area contributed by atoms with Crippen LogP contribution >= 0.6 is 0 Å². The molecule has 1 saturated heterocycles. The van der Waals surface area contributed by atoms with Crippen molar-refractivity contribution >= 4 is 17.7 Å². The minimum Gasteiger partial charge on any atom is -0.468 e. The lowest BCUT2D eigenvalue weighted by Gasteiger charge is -2.19. The Morgan fingerprint density at radius 2 is 1.94 bits per heavy atom. The highest BCUT2D eigenvalue weighted by Gasteiger charge is 2.40. The van der Waals surface area contributed by atoms with E-state index < -0.39 is 11.9 Å². The van der Waals surface area contributed by atoms with Crippen LogP contribution in [0.5, 0.6) is 0 Å². The van der Waals surface area contributed by atoms with Gasteiger partial charge in [0, 0.05) is 12.5 Å². The van der Waals surface area contributed by atoms with Gasteiger partial charge in [0.15, 0.2) is 5.78 Å². The molecule has 5 nitrogen and oxygen atoms in total. The van der Waals surface area contributed by atoms with Crippen molar-refractivity contribution < 1.29 is 19.1 Å². The summed E-state index contributed by atoms with van der Waals surface area (Å²) in [5.74, 6) is -1.42. The number of carbonyl (C=O) groups excluding carboxylic acids is 3. The van der Waals surface area contributed by atoms with Crippen LogP contribution in [0.15, 0.2) is 0 Å². The van der Waals surface area contributed by atoms with Crippen LogP contribution in [0, 0.1) is 11.8 Å². The highest BCUT2D eigenvalue weighted by atomic mass is 16.5. The number of Topliss-reactive ketones (excluding diaryl/α,β-unsaturated/α-hetero) is 1. The van der Waals surface area contributed by atoms with Gasteiger partial charge in [-0.15, -0.1) is 0 Å². The number of nitrogens with zero attached hydrogens (tertiary/aromatic N) is 1. The maximum absolute atomic E-state index is 12.1. The zero-order valence-electron chi connectivity index (χ0n) is 9.98. The van der Waals surface area contributed by atoms with Crippen LogP contribution in [0.4, 0.5) is 0 Å². The molecule has 0 radical (unpaired) electrons. The molecule has 0 aromatic heterocycles. The Bertz CT molecular complexity index is 346. The molecule has 1 unspecified atom stereocenters. The molecule has 0 N–H and O–H groups in total. The quantitative estimate of drug-likeness (QED) is 0.516. The zero-order chi connectivity index (χ0) is 12.4. The first-order valence-electron chi connectivity index (χ1n) is 6.03. The van der Waals surface area contributed by atoms with Crippen LogP contribution in [0.25, 0.3) is 0 Å². The topological polar surface area (TPSA) is 63.7 Å². The molecule has 0 spiro atoms. The second kappa shape index (κ2) is 4.85. The predicted octanol–water partition coefficient (Wildman–Crippen LogP) is 0.377. The third-order valence-electron chi connectivity index (χ3n) is 3.64. The van der Waals surface area contributed by atoms with E-state index in [4.69, 9.17) is 0 Å². The van der Waals surface area contributed by atoms with Gasteiger partial charge in [0.05, 0.1) is 13.7 Å². The number of ketones is 1. The van der Waals surface area contributed by atoms with Crippen molar-refractivity contribution in [3.05, 3.63) is 0 Å². The molecule has 0 bridgehead atoms. The Morgan fingerprint density at radius 1 is 1.29 bits per heavy atom. The first-order chi connectivity index (χ1) is 8.13. The van der Waals surface area contributed by atoms with Crippen LogP contribution < -0.4 is 0 Å². The number of ether oxygens (including phenoxy) is 1. The SMILES string of the molecule is COC(=O)C1CN(C(=O)C2CCCC2)CC1=O. The van der Waals surface area contributed by atoms with E-state index in [1.54, 1.807) is 0 Å². The van der Waals surface area contributed by atoms with E-state index in [-0.39, 0.29) is 30.7 Å². The monoisotopic (exact) mass is 239 g/mol. The molecule has 1 aliphatic carbocycles. The average molecular weight is 239 g/mol. The number of likely N-dealkylation sites (tertiary alicyclic amines) is 1. The van der Waals surface area contributed by atoms with E-state index in [0.717, 1.165) is 25.7 Å². The summed E-state index contributed by atoms with van der Waals surface area (Å²) in [5.41, 5.74) is 0.